The molecule has 7 aliphatic rings. The molecule has 5 saturated carbocycles. The van der Waals surface area contributed by atoms with E-state index in [2.05, 4.69) is 167 Å². The first-order valence-electron chi connectivity index (χ1n) is 23.1. The lowest BCUT2D eigenvalue weighted by molar-refractivity contribution is 0.0618. The molecule has 0 radical (unpaired) electrons. The average Bonchev–Trinajstić information content (AvgIpc) is 4.02. The van der Waals surface area contributed by atoms with E-state index in [1.807, 2.05) is 0 Å². The second-order valence-corrected chi connectivity index (χ2v) is 19.6. The Morgan fingerprint density at radius 1 is 0.433 bits per heavy atom. The number of hydrogen-bond donors (Lipinski definition) is 0. The number of hydrogen-bond acceptors (Lipinski definition) is 1. The molecule has 4 bridgehead atoms. The Labute approximate surface area is 353 Å². The number of nitrogens with zero attached hydrogens (tertiary/aromatic N) is 2. The molecule has 2 heteroatoms. The van der Waals surface area contributed by atoms with Crippen molar-refractivity contribution in [1.82, 2.24) is 4.57 Å². The maximum absolute atomic E-state index is 2.61. The fourth-order valence-electron chi connectivity index (χ4n) is 14.9. The van der Waals surface area contributed by atoms with Crippen LogP contribution in [0.15, 0.2) is 158 Å². The molecule has 8 aromatic rings. The van der Waals surface area contributed by atoms with Gasteiger partial charge in [-0.1, -0.05) is 122 Å². The van der Waals surface area contributed by atoms with Crippen LogP contribution in [-0.2, 0) is 10.8 Å². The van der Waals surface area contributed by atoms with E-state index in [1.54, 1.807) is 16.7 Å². The van der Waals surface area contributed by atoms with Crippen molar-refractivity contribution in [3.63, 3.8) is 0 Å². The molecule has 5 unspecified atom stereocenters. The fraction of sp³-hybridized carbons (Fsp3) is 0.276. The van der Waals surface area contributed by atoms with Crippen LogP contribution in [0.4, 0.5) is 17.1 Å². The van der Waals surface area contributed by atoms with Crippen LogP contribution < -0.4 is 4.90 Å². The first kappa shape index (κ1) is 33.9. The summed E-state index contributed by atoms with van der Waals surface area (Å²) in [7, 11) is 0. The van der Waals surface area contributed by atoms with Crippen molar-refractivity contribution in [3.8, 4) is 27.9 Å². The summed E-state index contributed by atoms with van der Waals surface area (Å²) in [4.78, 5) is 2.59. The second-order valence-electron chi connectivity index (χ2n) is 19.6. The van der Waals surface area contributed by atoms with E-state index < -0.39 is 0 Å². The molecule has 2 nitrogen and oxygen atoms in total. The van der Waals surface area contributed by atoms with Crippen LogP contribution in [0.1, 0.15) is 86.5 Å². The van der Waals surface area contributed by atoms with Gasteiger partial charge < -0.3 is 9.47 Å². The topological polar surface area (TPSA) is 8.17 Å². The Hall–Kier alpha value is -5.86. The zero-order valence-corrected chi connectivity index (χ0v) is 34.3. The molecule has 7 aromatic carbocycles. The minimum Gasteiger partial charge on any atom is -0.310 e. The van der Waals surface area contributed by atoms with Gasteiger partial charge in [0.05, 0.1) is 11.0 Å². The van der Waals surface area contributed by atoms with E-state index in [0.29, 0.717) is 0 Å². The van der Waals surface area contributed by atoms with Crippen molar-refractivity contribution >= 4 is 38.9 Å². The zero-order valence-electron chi connectivity index (χ0n) is 34.3. The fourth-order valence-corrected chi connectivity index (χ4v) is 14.9. The second kappa shape index (κ2) is 12.4. The highest BCUT2D eigenvalue weighted by molar-refractivity contribution is 6.10. The smallest absolute Gasteiger partial charge is 0.0561 e. The molecule has 5 fully saturated rings. The van der Waals surface area contributed by atoms with Gasteiger partial charge in [-0.05, 0) is 168 Å². The SMILES string of the molecule is c1ccc(-n2c3ccccc3c3ccc(N(c4ccc5c(c4)-c4ccccc4C54CCCC4)c4ccc5c(c4)-c4ccccc4C54C5CCC6CC(C5)CC4C6)cc32)cc1. The predicted octanol–water partition coefficient (Wildman–Crippen LogP) is 15.2. The number of rotatable bonds is 4. The monoisotopic (exact) mass is 774 g/mol. The van der Waals surface area contributed by atoms with Crippen LogP contribution in [0.5, 0.6) is 0 Å². The Morgan fingerprint density at radius 3 is 1.85 bits per heavy atom. The molecule has 60 heavy (non-hydrogen) atoms. The highest BCUT2D eigenvalue weighted by Gasteiger charge is 2.59. The predicted molar refractivity (Wildman–Crippen MR) is 248 cm³/mol. The molecule has 1 aromatic heterocycles. The molecule has 5 atom stereocenters. The van der Waals surface area contributed by atoms with Gasteiger partial charge in [0.25, 0.3) is 0 Å². The highest BCUT2D eigenvalue weighted by Crippen LogP contribution is 2.68. The van der Waals surface area contributed by atoms with Gasteiger partial charge in [-0.15, -0.1) is 0 Å². The third-order valence-electron chi connectivity index (χ3n) is 17.0. The van der Waals surface area contributed by atoms with E-state index in [4.69, 9.17) is 0 Å². The highest BCUT2D eigenvalue weighted by atomic mass is 15.1. The van der Waals surface area contributed by atoms with Crippen molar-refractivity contribution in [2.45, 2.75) is 75.0 Å². The Kier molecular flexibility index (Phi) is 6.98. The van der Waals surface area contributed by atoms with Gasteiger partial charge in [-0.25, -0.2) is 0 Å². The molecule has 15 rings (SSSR count). The summed E-state index contributed by atoms with van der Waals surface area (Å²) < 4.78 is 2.47. The van der Waals surface area contributed by atoms with E-state index in [9.17, 15) is 0 Å². The van der Waals surface area contributed by atoms with Crippen molar-refractivity contribution in [2.75, 3.05) is 4.90 Å². The van der Waals surface area contributed by atoms with E-state index >= 15 is 0 Å². The maximum Gasteiger partial charge on any atom is 0.0561 e. The third kappa shape index (κ3) is 4.40. The van der Waals surface area contributed by atoms with E-state index in [1.165, 1.54) is 137 Å². The van der Waals surface area contributed by atoms with Gasteiger partial charge >= 0.3 is 0 Å². The molecule has 2 spiro atoms. The lowest BCUT2D eigenvalue weighted by Gasteiger charge is -2.53. The van der Waals surface area contributed by atoms with Crippen molar-refractivity contribution in [2.24, 2.45) is 23.7 Å². The van der Waals surface area contributed by atoms with Crippen molar-refractivity contribution in [1.29, 1.82) is 0 Å². The quantitative estimate of drug-likeness (QED) is 0.173. The minimum absolute atomic E-state index is 0.142. The summed E-state index contributed by atoms with van der Waals surface area (Å²) in [5, 5.41) is 2.57. The molecule has 1 heterocycles. The number of para-hydroxylation sites is 2. The largest absolute Gasteiger partial charge is 0.310 e. The summed E-state index contributed by atoms with van der Waals surface area (Å²) >= 11 is 0. The van der Waals surface area contributed by atoms with Gasteiger partial charge in [-0.2, -0.15) is 0 Å². The Balaban J connectivity index is 1.01. The van der Waals surface area contributed by atoms with Crippen LogP contribution in [0.25, 0.3) is 49.7 Å². The number of fused-ring (bicyclic) bond motifs is 12. The molecule has 0 aliphatic heterocycles. The van der Waals surface area contributed by atoms with Crippen LogP contribution in [0.3, 0.4) is 0 Å². The van der Waals surface area contributed by atoms with Crippen LogP contribution in [-0.4, -0.2) is 4.57 Å². The molecule has 0 N–H and O–H groups in total. The summed E-state index contributed by atoms with van der Waals surface area (Å²) in [5.41, 5.74) is 19.7. The first-order valence-corrected chi connectivity index (χ1v) is 23.1. The molecule has 7 aliphatic carbocycles. The lowest BCUT2D eigenvalue weighted by Crippen LogP contribution is -2.48. The Morgan fingerprint density at radius 2 is 1.02 bits per heavy atom. The lowest BCUT2D eigenvalue weighted by atomic mass is 9.51. The summed E-state index contributed by atoms with van der Waals surface area (Å²) in [6.45, 7) is 0. The summed E-state index contributed by atoms with van der Waals surface area (Å²) in [5.74, 6) is 3.32. The standard InChI is InChI=1S/C58H50N2/c1-2-12-41(13-3-1)60-55-19-9-6-16-47(55)48-25-22-44(36-56(48)60)59(42-23-26-52-49(34-42)45-14-4-7-17-51(45)57(52)28-10-11-29-57)43-24-27-54-50(35-43)46-15-5-8-18-53(46)58(54)39-21-20-37-30-38(32-39)33-40(58)31-37/h1-9,12-19,22-27,34-40H,10-11,20-21,28-33H2. The minimum atomic E-state index is 0.142. The zero-order chi connectivity index (χ0) is 39.2. The van der Waals surface area contributed by atoms with E-state index in [-0.39, 0.29) is 10.8 Å². The van der Waals surface area contributed by atoms with Gasteiger partial charge in [-0.3, -0.25) is 0 Å². The van der Waals surface area contributed by atoms with Gasteiger partial charge in [0, 0.05) is 44.4 Å². The average molecular weight is 775 g/mol. The van der Waals surface area contributed by atoms with E-state index in [0.717, 1.165) is 23.7 Å². The third-order valence-corrected chi connectivity index (χ3v) is 17.0. The molecular weight excluding hydrogens is 725 g/mol. The summed E-state index contributed by atoms with van der Waals surface area (Å²) in [6.07, 6.45) is 13.6. The Bertz CT molecular complexity index is 3040. The molecule has 0 saturated heterocycles. The number of benzene rings is 7. The van der Waals surface area contributed by atoms with Crippen LogP contribution in [0.2, 0.25) is 0 Å². The molecule has 0 amide bonds. The molecule has 292 valence electrons. The van der Waals surface area contributed by atoms with Crippen molar-refractivity contribution in [3.05, 3.63) is 180 Å². The maximum atomic E-state index is 2.61. The van der Waals surface area contributed by atoms with Crippen molar-refractivity contribution < 1.29 is 0 Å². The van der Waals surface area contributed by atoms with Gasteiger partial charge in [0.2, 0.25) is 0 Å². The van der Waals surface area contributed by atoms with Gasteiger partial charge in [0.1, 0.15) is 0 Å². The first-order chi connectivity index (χ1) is 29.7. The van der Waals surface area contributed by atoms with Crippen LogP contribution >= 0.6 is 0 Å². The van der Waals surface area contributed by atoms with Crippen LogP contribution in [0, 0.1) is 23.7 Å². The number of anilines is 3. The van der Waals surface area contributed by atoms with Gasteiger partial charge in [0.15, 0.2) is 0 Å². The summed E-state index contributed by atoms with van der Waals surface area (Å²) in [6, 6.07) is 61.2. The molecular formula is C58H50N2. The normalized spacial score (nSPS) is 24.9. The number of aromatic nitrogens is 1.